The molecule has 0 saturated carbocycles. The first kappa shape index (κ1) is 13.0. The standard InChI is InChI=1S/C11H20N2O3/c1-8(2)13(7-11(15)16)10-4-5-12(6-10)9(3)14/h8,10H,4-7H2,1-3H3,(H,15,16). The molecule has 5 nitrogen and oxygen atoms in total. The second-order valence-electron chi connectivity index (χ2n) is 4.57. The molecule has 1 aliphatic rings. The summed E-state index contributed by atoms with van der Waals surface area (Å²) >= 11 is 0. The van der Waals surface area contributed by atoms with Crippen LogP contribution in [0.1, 0.15) is 27.2 Å². The number of hydrogen-bond acceptors (Lipinski definition) is 3. The van der Waals surface area contributed by atoms with Crippen molar-refractivity contribution >= 4 is 11.9 Å². The number of carbonyl (C=O) groups excluding carboxylic acids is 1. The highest BCUT2D eigenvalue weighted by molar-refractivity contribution is 5.73. The van der Waals surface area contributed by atoms with Crippen molar-refractivity contribution in [1.82, 2.24) is 9.80 Å². The maximum atomic E-state index is 11.2. The van der Waals surface area contributed by atoms with Crippen LogP contribution in [0, 0.1) is 0 Å². The Bertz CT molecular complexity index is 278. The molecule has 0 bridgehead atoms. The summed E-state index contributed by atoms with van der Waals surface area (Å²) in [7, 11) is 0. The summed E-state index contributed by atoms with van der Waals surface area (Å²) in [5.41, 5.74) is 0. The summed E-state index contributed by atoms with van der Waals surface area (Å²) in [4.78, 5) is 25.7. The number of rotatable bonds is 4. The van der Waals surface area contributed by atoms with Crippen LogP contribution >= 0.6 is 0 Å². The minimum absolute atomic E-state index is 0.0497. The maximum absolute atomic E-state index is 11.2. The lowest BCUT2D eigenvalue weighted by Gasteiger charge is -2.30. The first-order chi connectivity index (χ1) is 7.41. The Labute approximate surface area is 96.0 Å². The Balaban J connectivity index is 2.60. The molecule has 1 rings (SSSR count). The summed E-state index contributed by atoms with van der Waals surface area (Å²) in [6.45, 7) is 6.97. The van der Waals surface area contributed by atoms with Crippen LogP contribution in [0.15, 0.2) is 0 Å². The first-order valence-electron chi connectivity index (χ1n) is 5.65. The lowest BCUT2D eigenvalue weighted by atomic mass is 10.1. The van der Waals surface area contributed by atoms with E-state index in [1.807, 2.05) is 18.7 Å². The second kappa shape index (κ2) is 5.30. The average Bonchev–Trinajstić information content (AvgIpc) is 2.61. The van der Waals surface area contributed by atoms with E-state index in [0.717, 1.165) is 13.0 Å². The van der Waals surface area contributed by atoms with Gasteiger partial charge in [-0.25, -0.2) is 0 Å². The molecule has 1 unspecified atom stereocenters. The fourth-order valence-electron chi connectivity index (χ4n) is 2.19. The van der Waals surface area contributed by atoms with Crippen LogP contribution in [0.5, 0.6) is 0 Å². The van der Waals surface area contributed by atoms with Gasteiger partial charge in [0, 0.05) is 32.1 Å². The van der Waals surface area contributed by atoms with Crippen LogP contribution in [-0.4, -0.2) is 58.5 Å². The molecule has 0 aromatic heterocycles. The van der Waals surface area contributed by atoms with Crippen LogP contribution in [-0.2, 0) is 9.59 Å². The summed E-state index contributed by atoms with van der Waals surface area (Å²) in [6, 6.07) is 0.369. The van der Waals surface area contributed by atoms with Crippen LogP contribution in [0.3, 0.4) is 0 Å². The molecule has 0 aromatic rings. The van der Waals surface area contributed by atoms with Crippen LogP contribution in [0.4, 0.5) is 0 Å². The third-order valence-corrected chi connectivity index (χ3v) is 3.06. The Hall–Kier alpha value is -1.10. The zero-order valence-electron chi connectivity index (χ0n) is 10.1. The second-order valence-corrected chi connectivity index (χ2v) is 4.57. The lowest BCUT2D eigenvalue weighted by Crippen LogP contribution is -2.45. The van der Waals surface area contributed by atoms with Gasteiger partial charge in [-0.2, -0.15) is 0 Å². The molecule has 0 aromatic carbocycles. The van der Waals surface area contributed by atoms with Gasteiger partial charge >= 0.3 is 5.97 Å². The zero-order chi connectivity index (χ0) is 12.3. The van der Waals surface area contributed by atoms with Gasteiger partial charge in [0.1, 0.15) is 0 Å². The van der Waals surface area contributed by atoms with Gasteiger partial charge in [-0.15, -0.1) is 0 Å². The maximum Gasteiger partial charge on any atom is 0.317 e. The SMILES string of the molecule is CC(=O)N1CCC(N(CC(=O)O)C(C)C)C1. The van der Waals surface area contributed by atoms with Crippen molar-refractivity contribution in [3.8, 4) is 0 Å². The predicted octanol–water partition coefficient (Wildman–Crippen LogP) is 0.402. The van der Waals surface area contributed by atoms with Crippen LogP contribution in [0.2, 0.25) is 0 Å². The number of carboxylic acids is 1. The highest BCUT2D eigenvalue weighted by Crippen LogP contribution is 2.17. The van der Waals surface area contributed by atoms with E-state index in [4.69, 9.17) is 5.11 Å². The number of carbonyl (C=O) groups is 2. The molecule has 92 valence electrons. The van der Waals surface area contributed by atoms with E-state index >= 15 is 0 Å². The van der Waals surface area contributed by atoms with Gasteiger partial charge in [0.2, 0.25) is 5.91 Å². The quantitative estimate of drug-likeness (QED) is 0.756. The number of amides is 1. The van der Waals surface area contributed by atoms with Crippen molar-refractivity contribution in [3.63, 3.8) is 0 Å². The molecular weight excluding hydrogens is 208 g/mol. The number of nitrogens with zero attached hydrogens (tertiary/aromatic N) is 2. The van der Waals surface area contributed by atoms with Crippen LogP contribution in [0.25, 0.3) is 0 Å². The summed E-state index contributed by atoms with van der Waals surface area (Å²) in [6.07, 6.45) is 0.866. The van der Waals surface area contributed by atoms with Gasteiger partial charge in [0.15, 0.2) is 0 Å². The van der Waals surface area contributed by atoms with Gasteiger partial charge in [-0.05, 0) is 20.3 Å². The predicted molar refractivity (Wildman–Crippen MR) is 60.1 cm³/mol. The van der Waals surface area contributed by atoms with E-state index in [9.17, 15) is 9.59 Å². The molecule has 1 amide bonds. The molecule has 1 heterocycles. The van der Waals surface area contributed by atoms with Crippen molar-refractivity contribution in [3.05, 3.63) is 0 Å². The van der Waals surface area contributed by atoms with E-state index in [1.165, 1.54) is 0 Å². The molecule has 1 saturated heterocycles. The van der Waals surface area contributed by atoms with Gasteiger partial charge in [-0.3, -0.25) is 14.5 Å². The fraction of sp³-hybridized carbons (Fsp3) is 0.818. The monoisotopic (exact) mass is 228 g/mol. The molecule has 1 N–H and O–H groups in total. The van der Waals surface area contributed by atoms with Crippen molar-refractivity contribution < 1.29 is 14.7 Å². The molecule has 0 aliphatic carbocycles. The minimum atomic E-state index is -0.810. The van der Waals surface area contributed by atoms with Gasteiger partial charge in [0.25, 0.3) is 0 Å². The smallest absolute Gasteiger partial charge is 0.317 e. The number of aliphatic carboxylic acids is 1. The molecule has 16 heavy (non-hydrogen) atoms. The molecule has 1 atom stereocenters. The van der Waals surface area contributed by atoms with Crippen molar-refractivity contribution in [1.29, 1.82) is 0 Å². The first-order valence-corrected chi connectivity index (χ1v) is 5.65. The Morgan fingerprint density at radius 1 is 1.50 bits per heavy atom. The molecule has 0 spiro atoms. The minimum Gasteiger partial charge on any atom is -0.480 e. The van der Waals surface area contributed by atoms with E-state index in [0.29, 0.717) is 6.54 Å². The van der Waals surface area contributed by atoms with Crippen LogP contribution < -0.4 is 0 Å². The fourth-order valence-corrected chi connectivity index (χ4v) is 2.19. The van der Waals surface area contributed by atoms with Crippen molar-refractivity contribution in [2.45, 2.75) is 39.3 Å². The molecular formula is C11H20N2O3. The number of hydrogen-bond donors (Lipinski definition) is 1. The van der Waals surface area contributed by atoms with Gasteiger partial charge in [0.05, 0.1) is 6.54 Å². The number of carboxylic acid groups (broad SMARTS) is 1. The molecule has 5 heteroatoms. The van der Waals surface area contributed by atoms with Gasteiger partial charge in [-0.1, -0.05) is 0 Å². The largest absolute Gasteiger partial charge is 0.480 e. The Kier molecular flexibility index (Phi) is 4.29. The van der Waals surface area contributed by atoms with Crippen molar-refractivity contribution in [2.75, 3.05) is 19.6 Å². The highest BCUT2D eigenvalue weighted by atomic mass is 16.4. The van der Waals surface area contributed by atoms with Gasteiger partial charge < -0.3 is 10.0 Å². The molecule has 0 radical (unpaired) electrons. The van der Waals surface area contributed by atoms with E-state index < -0.39 is 5.97 Å². The Morgan fingerprint density at radius 3 is 2.50 bits per heavy atom. The molecule has 1 fully saturated rings. The van der Waals surface area contributed by atoms with E-state index in [2.05, 4.69) is 0 Å². The topological polar surface area (TPSA) is 60.9 Å². The number of likely N-dealkylation sites (tertiary alicyclic amines) is 1. The summed E-state index contributed by atoms with van der Waals surface area (Å²) in [5.74, 6) is -0.739. The molecule has 1 aliphatic heterocycles. The lowest BCUT2D eigenvalue weighted by molar-refractivity contribution is -0.139. The normalized spacial score (nSPS) is 20.8. The highest BCUT2D eigenvalue weighted by Gasteiger charge is 2.31. The third-order valence-electron chi connectivity index (χ3n) is 3.06. The third kappa shape index (κ3) is 3.20. The van der Waals surface area contributed by atoms with E-state index in [-0.39, 0.29) is 24.5 Å². The average molecular weight is 228 g/mol. The van der Waals surface area contributed by atoms with Crippen molar-refractivity contribution in [2.24, 2.45) is 0 Å². The Morgan fingerprint density at radius 2 is 2.12 bits per heavy atom. The summed E-state index contributed by atoms with van der Waals surface area (Å²) < 4.78 is 0. The zero-order valence-corrected chi connectivity index (χ0v) is 10.1. The van der Waals surface area contributed by atoms with E-state index in [1.54, 1.807) is 11.8 Å². The summed E-state index contributed by atoms with van der Waals surface area (Å²) in [5, 5.41) is 8.85.